The molecule has 1 fully saturated rings. The van der Waals surface area contributed by atoms with Gasteiger partial charge in [0.25, 0.3) is 0 Å². The Hall–Kier alpha value is -2.53. The van der Waals surface area contributed by atoms with Crippen molar-refractivity contribution in [3.05, 3.63) is 65.2 Å². The number of nitrogens with zero attached hydrogens (tertiary/aromatic N) is 1. The van der Waals surface area contributed by atoms with E-state index >= 15 is 0 Å². The summed E-state index contributed by atoms with van der Waals surface area (Å²) in [4.78, 5) is 13.0. The number of amidine groups is 1. The number of carboxylic acids is 1. The maximum absolute atomic E-state index is 10.7. The smallest absolute Gasteiger partial charge is 0.303 e. The minimum absolute atomic E-state index is 0. The number of benzene rings is 2. The van der Waals surface area contributed by atoms with Crippen molar-refractivity contribution in [3.8, 4) is 0 Å². The fraction of sp³-hybridized carbons (Fsp3) is 0.300. The zero-order chi connectivity index (χ0) is 17.8. The predicted octanol–water partition coefficient (Wildman–Crippen LogP) is 3.40. The van der Waals surface area contributed by atoms with E-state index in [9.17, 15) is 4.79 Å². The summed E-state index contributed by atoms with van der Waals surface area (Å²) in [5.41, 5.74) is 9.78. The molecular weight excluding hydrogens is 350 g/mol. The van der Waals surface area contributed by atoms with Gasteiger partial charge < -0.3 is 15.7 Å². The number of nitrogens with two attached hydrogens (primary N) is 1. The monoisotopic (exact) mass is 373 g/mol. The van der Waals surface area contributed by atoms with E-state index in [1.54, 1.807) is 0 Å². The lowest BCUT2D eigenvalue weighted by molar-refractivity contribution is -0.136. The summed E-state index contributed by atoms with van der Waals surface area (Å²) < 4.78 is 0. The Morgan fingerprint density at radius 2 is 1.81 bits per heavy atom. The van der Waals surface area contributed by atoms with Gasteiger partial charge in [-0.2, -0.15) is 0 Å². The predicted molar refractivity (Wildman–Crippen MR) is 107 cm³/mol. The largest absolute Gasteiger partial charge is 0.481 e. The van der Waals surface area contributed by atoms with Gasteiger partial charge >= 0.3 is 5.97 Å². The number of halogens is 1. The molecule has 1 unspecified atom stereocenters. The van der Waals surface area contributed by atoms with Crippen LogP contribution in [0, 0.1) is 5.41 Å². The van der Waals surface area contributed by atoms with Crippen molar-refractivity contribution >= 4 is 29.9 Å². The molecule has 2 aromatic carbocycles. The zero-order valence-electron chi connectivity index (χ0n) is 14.5. The Bertz CT molecular complexity index is 760. The number of hydrogen-bond acceptors (Lipinski definition) is 3. The fourth-order valence-electron chi connectivity index (χ4n) is 3.33. The van der Waals surface area contributed by atoms with E-state index in [0.29, 0.717) is 12.3 Å². The van der Waals surface area contributed by atoms with Crippen LogP contribution in [-0.2, 0) is 11.2 Å². The second kappa shape index (κ2) is 8.72. The second-order valence-corrected chi connectivity index (χ2v) is 6.53. The van der Waals surface area contributed by atoms with Crippen LogP contribution in [0.5, 0.6) is 0 Å². The molecule has 3 rings (SSSR count). The molecule has 138 valence electrons. The Balaban J connectivity index is 0.00000243. The highest BCUT2D eigenvalue weighted by Crippen LogP contribution is 2.31. The average Bonchev–Trinajstić information content (AvgIpc) is 3.10. The van der Waals surface area contributed by atoms with Gasteiger partial charge in [-0.3, -0.25) is 10.2 Å². The Kier molecular flexibility index (Phi) is 6.64. The van der Waals surface area contributed by atoms with Gasteiger partial charge in [0.05, 0.1) is 0 Å². The van der Waals surface area contributed by atoms with E-state index in [-0.39, 0.29) is 24.7 Å². The van der Waals surface area contributed by atoms with Crippen LogP contribution >= 0.6 is 12.4 Å². The van der Waals surface area contributed by atoms with Crippen molar-refractivity contribution in [3.63, 3.8) is 0 Å². The van der Waals surface area contributed by atoms with E-state index in [0.717, 1.165) is 36.3 Å². The number of aryl methyl sites for hydroxylation is 1. The van der Waals surface area contributed by atoms with E-state index < -0.39 is 5.97 Å². The Morgan fingerprint density at radius 1 is 1.15 bits per heavy atom. The highest BCUT2D eigenvalue weighted by atomic mass is 35.5. The molecule has 1 saturated heterocycles. The first-order valence-electron chi connectivity index (χ1n) is 8.53. The second-order valence-electron chi connectivity index (χ2n) is 6.53. The van der Waals surface area contributed by atoms with Crippen LogP contribution in [0.25, 0.3) is 0 Å². The quantitative estimate of drug-likeness (QED) is 0.534. The molecule has 0 saturated carbocycles. The SMILES string of the molecule is Cl.N=C(N)c1ccc(N2CCC(c3ccc(CCC(=O)O)cc3)C2)cc1. The summed E-state index contributed by atoms with van der Waals surface area (Å²) in [7, 11) is 0. The van der Waals surface area contributed by atoms with Gasteiger partial charge in [0.15, 0.2) is 0 Å². The third kappa shape index (κ3) is 4.76. The van der Waals surface area contributed by atoms with Gasteiger partial charge in [0, 0.05) is 36.7 Å². The van der Waals surface area contributed by atoms with Crippen LogP contribution in [0.2, 0.25) is 0 Å². The summed E-state index contributed by atoms with van der Waals surface area (Å²) in [6, 6.07) is 16.2. The highest BCUT2D eigenvalue weighted by molar-refractivity contribution is 5.95. The van der Waals surface area contributed by atoms with Gasteiger partial charge in [-0.15, -0.1) is 12.4 Å². The summed E-state index contributed by atoms with van der Waals surface area (Å²) >= 11 is 0. The molecule has 1 aliphatic heterocycles. The van der Waals surface area contributed by atoms with Crippen molar-refractivity contribution in [2.75, 3.05) is 18.0 Å². The molecule has 6 heteroatoms. The van der Waals surface area contributed by atoms with Crippen LogP contribution in [0.15, 0.2) is 48.5 Å². The number of nitrogen functional groups attached to an aromatic ring is 1. The highest BCUT2D eigenvalue weighted by Gasteiger charge is 2.24. The fourth-order valence-corrected chi connectivity index (χ4v) is 3.33. The summed E-state index contributed by atoms with van der Waals surface area (Å²) in [6.45, 7) is 1.97. The van der Waals surface area contributed by atoms with E-state index in [2.05, 4.69) is 17.0 Å². The van der Waals surface area contributed by atoms with Gasteiger partial charge in [0.2, 0.25) is 0 Å². The molecule has 1 atom stereocenters. The molecule has 4 N–H and O–H groups in total. The number of carbonyl (C=O) groups is 1. The van der Waals surface area contributed by atoms with Gasteiger partial charge in [-0.05, 0) is 48.2 Å². The molecular formula is C20H24ClN3O2. The van der Waals surface area contributed by atoms with Crippen molar-refractivity contribution < 1.29 is 9.90 Å². The van der Waals surface area contributed by atoms with Crippen molar-refractivity contribution in [1.29, 1.82) is 5.41 Å². The number of carboxylic acid groups (broad SMARTS) is 1. The number of aliphatic carboxylic acids is 1. The Morgan fingerprint density at radius 3 is 2.38 bits per heavy atom. The maximum Gasteiger partial charge on any atom is 0.303 e. The lowest BCUT2D eigenvalue weighted by atomic mass is 9.96. The molecule has 2 aromatic rings. The summed E-state index contributed by atoms with van der Waals surface area (Å²) in [5.74, 6) is -0.179. The first kappa shape index (κ1) is 19.8. The molecule has 5 nitrogen and oxygen atoms in total. The van der Waals surface area contributed by atoms with E-state index in [1.165, 1.54) is 5.56 Å². The van der Waals surface area contributed by atoms with Crippen molar-refractivity contribution in [1.82, 2.24) is 0 Å². The summed E-state index contributed by atoms with van der Waals surface area (Å²) in [6.07, 6.45) is 1.85. The zero-order valence-corrected chi connectivity index (χ0v) is 15.3. The van der Waals surface area contributed by atoms with Crippen LogP contribution in [0.1, 0.15) is 35.4 Å². The van der Waals surface area contributed by atoms with Crippen LogP contribution in [0.4, 0.5) is 5.69 Å². The van der Waals surface area contributed by atoms with Gasteiger partial charge in [0.1, 0.15) is 5.84 Å². The first-order valence-corrected chi connectivity index (χ1v) is 8.53. The number of anilines is 1. The van der Waals surface area contributed by atoms with E-state index in [4.69, 9.17) is 16.2 Å². The maximum atomic E-state index is 10.7. The standard InChI is InChI=1S/C20H23N3O2.ClH/c21-20(22)16-6-8-18(9-7-16)23-12-11-17(13-23)15-4-1-14(2-5-15)3-10-19(24)25;/h1-2,4-9,17H,3,10-13H2,(H3,21,22)(H,24,25);1H. The van der Waals surface area contributed by atoms with Crippen LogP contribution in [0.3, 0.4) is 0 Å². The van der Waals surface area contributed by atoms with Crippen molar-refractivity contribution in [2.24, 2.45) is 5.73 Å². The molecule has 1 aliphatic rings. The topological polar surface area (TPSA) is 90.4 Å². The molecule has 26 heavy (non-hydrogen) atoms. The lowest BCUT2D eigenvalue weighted by Gasteiger charge is -2.19. The molecule has 0 aromatic heterocycles. The summed E-state index contributed by atoms with van der Waals surface area (Å²) in [5, 5.41) is 16.2. The number of nitrogens with one attached hydrogen (secondary N) is 1. The minimum atomic E-state index is -0.758. The number of rotatable bonds is 6. The molecule has 0 amide bonds. The Labute approximate surface area is 159 Å². The molecule has 0 radical (unpaired) electrons. The molecule has 1 heterocycles. The third-order valence-electron chi connectivity index (χ3n) is 4.81. The van der Waals surface area contributed by atoms with Crippen LogP contribution in [-0.4, -0.2) is 30.0 Å². The lowest BCUT2D eigenvalue weighted by Crippen LogP contribution is -2.19. The minimum Gasteiger partial charge on any atom is -0.481 e. The first-order chi connectivity index (χ1) is 12.0. The molecule has 0 aliphatic carbocycles. The average molecular weight is 374 g/mol. The number of hydrogen-bond donors (Lipinski definition) is 3. The van der Waals surface area contributed by atoms with Crippen LogP contribution < -0.4 is 10.6 Å². The molecule has 0 spiro atoms. The normalized spacial score (nSPS) is 16.2. The van der Waals surface area contributed by atoms with Gasteiger partial charge in [-0.25, -0.2) is 0 Å². The molecule has 0 bridgehead atoms. The van der Waals surface area contributed by atoms with Crippen molar-refractivity contribution in [2.45, 2.75) is 25.2 Å². The third-order valence-corrected chi connectivity index (χ3v) is 4.81. The van der Waals surface area contributed by atoms with Gasteiger partial charge in [-0.1, -0.05) is 24.3 Å². The van der Waals surface area contributed by atoms with E-state index in [1.807, 2.05) is 36.4 Å².